The number of fused-ring (bicyclic) bond motifs is 11. The lowest BCUT2D eigenvalue weighted by molar-refractivity contribution is 0.586. The third-order valence-electron chi connectivity index (χ3n) is 13.1. The Morgan fingerprint density at radius 2 is 0.721 bits per heavy atom. The molecule has 61 heavy (non-hydrogen) atoms. The van der Waals surface area contributed by atoms with Crippen molar-refractivity contribution < 1.29 is 0 Å². The van der Waals surface area contributed by atoms with Crippen LogP contribution in [0, 0.1) is 0 Å². The van der Waals surface area contributed by atoms with Gasteiger partial charge in [-0.1, -0.05) is 205 Å². The van der Waals surface area contributed by atoms with Crippen molar-refractivity contribution in [1.29, 1.82) is 0 Å². The molecule has 1 aromatic heterocycles. The van der Waals surface area contributed by atoms with Gasteiger partial charge in [0, 0.05) is 16.7 Å². The summed E-state index contributed by atoms with van der Waals surface area (Å²) >= 11 is 0. The molecular weight excluding hydrogens is 739 g/mol. The van der Waals surface area contributed by atoms with E-state index in [0.717, 1.165) is 27.5 Å². The molecule has 0 saturated carbocycles. The van der Waals surface area contributed by atoms with Gasteiger partial charge in [-0.3, -0.25) is 0 Å². The van der Waals surface area contributed by atoms with Gasteiger partial charge in [0.2, 0.25) is 0 Å². The van der Waals surface area contributed by atoms with Gasteiger partial charge in [0.05, 0.1) is 5.41 Å². The lowest BCUT2D eigenvalue weighted by Crippen LogP contribution is -2.27. The predicted octanol–water partition coefficient (Wildman–Crippen LogP) is 14.6. The standard InChI is InChI=1S/C58H47N3/c1-56(2,3)39-26-29-46-47-30-27-40(57(4,5)6)35-52(47)58(51(46)34-39)49-24-16-15-23-44(49)45-28-25-38(33-50(45)58)41-31-32-48(43-22-14-13-21-42(41)43)55-60-53(36-17-9-7-10-18-36)59-54(61-55)37-19-11-8-12-20-37/h7-35H,1-6H3. The largest absolute Gasteiger partial charge is 0.208 e. The molecular formula is C58H47N3. The van der Waals surface area contributed by atoms with Crippen LogP contribution in [0.5, 0.6) is 0 Å². The van der Waals surface area contributed by atoms with Crippen LogP contribution in [0.3, 0.4) is 0 Å². The monoisotopic (exact) mass is 785 g/mol. The minimum Gasteiger partial charge on any atom is -0.208 e. The van der Waals surface area contributed by atoms with Crippen LogP contribution >= 0.6 is 0 Å². The Kier molecular flexibility index (Phi) is 8.22. The molecule has 0 saturated heterocycles. The van der Waals surface area contributed by atoms with Crippen LogP contribution in [-0.4, -0.2) is 15.0 Å². The van der Waals surface area contributed by atoms with E-state index in [1.807, 2.05) is 36.4 Å². The number of hydrogen-bond acceptors (Lipinski definition) is 3. The van der Waals surface area contributed by atoms with E-state index in [-0.39, 0.29) is 10.8 Å². The number of hydrogen-bond donors (Lipinski definition) is 0. The molecule has 0 radical (unpaired) electrons. The van der Waals surface area contributed by atoms with Crippen molar-refractivity contribution in [2.75, 3.05) is 0 Å². The Bertz CT molecular complexity index is 3080. The van der Waals surface area contributed by atoms with Crippen LogP contribution in [-0.2, 0) is 16.2 Å². The van der Waals surface area contributed by atoms with E-state index < -0.39 is 5.41 Å². The van der Waals surface area contributed by atoms with E-state index in [0.29, 0.717) is 17.5 Å². The Hall–Kier alpha value is -6.97. The zero-order valence-corrected chi connectivity index (χ0v) is 35.6. The van der Waals surface area contributed by atoms with Gasteiger partial charge in [-0.25, -0.2) is 15.0 Å². The van der Waals surface area contributed by atoms with Crippen LogP contribution in [0.15, 0.2) is 176 Å². The Morgan fingerprint density at radius 1 is 0.311 bits per heavy atom. The molecule has 3 heteroatoms. The summed E-state index contributed by atoms with van der Waals surface area (Å²) in [5.74, 6) is 1.97. The molecule has 8 aromatic carbocycles. The highest BCUT2D eigenvalue weighted by Crippen LogP contribution is 2.64. The highest BCUT2D eigenvalue weighted by atomic mass is 15.0. The number of nitrogens with zero attached hydrogens (tertiary/aromatic N) is 3. The number of benzene rings is 8. The fourth-order valence-electron chi connectivity index (χ4n) is 9.96. The van der Waals surface area contributed by atoms with Crippen molar-refractivity contribution in [1.82, 2.24) is 15.0 Å². The number of rotatable bonds is 4. The van der Waals surface area contributed by atoms with Crippen LogP contribution < -0.4 is 0 Å². The third kappa shape index (κ3) is 5.75. The zero-order chi connectivity index (χ0) is 41.7. The fourth-order valence-corrected chi connectivity index (χ4v) is 9.96. The third-order valence-corrected chi connectivity index (χ3v) is 13.1. The molecule has 0 aliphatic heterocycles. The van der Waals surface area contributed by atoms with E-state index in [1.54, 1.807) is 0 Å². The molecule has 3 nitrogen and oxygen atoms in total. The van der Waals surface area contributed by atoms with Crippen LogP contribution in [0.1, 0.15) is 74.9 Å². The fraction of sp³-hybridized carbons (Fsp3) is 0.155. The molecule has 0 N–H and O–H groups in total. The molecule has 0 fully saturated rings. The van der Waals surface area contributed by atoms with E-state index in [2.05, 4.69) is 181 Å². The SMILES string of the molecule is CC(C)(C)c1ccc2c(c1)C1(c3ccccc3-c3ccc(-c4ccc(-c5nc(-c6ccccc6)nc(-c6ccccc6)n5)c5ccccc45)cc31)c1cc(C(C)(C)C)ccc1-2. The number of aromatic nitrogens is 3. The van der Waals surface area contributed by atoms with Gasteiger partial charge in [-0.15, -0.1) is 0 Å². The summed E-state index contributed by atoms with van der Waals surface area (Å²) < 4.78 is 0. The Labute approximate surface area is 358 Å². The molecule has 11 rings (SSSR count). The van der Waals surface area contributed by atoms with Gasteiger partial charge in [0.15, 0.2) is 17.5 Å². The predicted molar refractivity (Wildman–Crippen MR) is 253 cm³/mol. The Morgan fingerprint density at radius 3 is 1.28 bits per heavy atom. The Balaban J connectivity index is 1.15. The van der Waals surface area contributed by atoms with Gasteiger partial charge in [0.1, 0.15) is 0 Å². The summed E-state index contributed by atoms with van der Waals surface area (Å²) in [6, 6.07) is 64.5. The van der Waals surface area contributed by atoms with Crippen molar-refractivity contribution in [3.63, 3.8) is 0 Å². The smallest absolute Gasteiger partial charge is 0.164 e. The second-order valence-electron chi connectivity index (χ2n) is 18.8. The second-order valence-corrected chi connectivity index (χ2v) is 18.8. The average molecular weight is 786 g/mol. The zero-order valence-electron chi connectivity index (χ0n) is 35.6. The van der Waals surface area contributed by atoms with Crippen molar-refractivity contribution in [2.45, 2.75) is 57.8 Å². The quantitative estimate of drug-likeness (QED) is 0.178. The summed E-state index contributed by atoms with van der Waals surface area (Å²) in [4.78, 5) is 15.3. The molecule has 294 valence electrons. The summed E-state index contributed by atoms with van der Waals surface area (Å²) in [5, 5.41) is 2.26. The lowest BCUT2D eigenvalue weighted by atomic mass is 9.68. The first-order chi connectivity index (χ1) is 29.5. The minimum absolute atomic E-state index is 0.00667. The van der Waals surface area contributed by atoms with E-state index in [1.165, 1.54) is 66.8 Å². The van der Waals surface area contributed by atoms with Gasteiger partial charge in [-0.05, 0) is 100 Å². The van der Waals surface area contributed by atoms with Crippen molar-refractivity contribution in [3.8, 4) is 67.5 Å². The topological polar surface area (TPSA) is 38.7 Å². The molecule has 1 heterocycles. The summed E-state index contributed by atoms with van der Waals surface area (Å²) in [6.07, 6.45) is 0. The van der Waals surface area contributed by atoms with Gasteiger partial charge in [-0.2, -0.15) is 0 Å². The molecule has 1 spiro atoms. The van der Waals surface area contributed by atoms with Crippen LogP contribution in [0.4, 0.5) is 0 Å². The lowest BCUT2D eigenvalue weighted by Gasteiger charge is -2.33. The van der Waals surface area contributed by atoms with Crippen molar-refractivity contribution in [2.24, 2.45) is 0 Å². The summed E-state index contributed by atoms with van der Waals surface area (Å²) in [7, 11) is 0. The average Bonchev–Trinajstić information content (AvgIpc) is 3.75. The molecule has 0 bridgehead atoms. The first-order valence-electron chi connectivity index (χ1n) is 21.4. The molecule has 0 amide bonds. The van der Waals surface area contributed by atoms with Crippen molar-refractivity contribution in [3.05, 3.63) is 209 Å². The first kappa shape index (κ1) is 37.1. The van der Waals surface area contributed by atoms with Crippen LogP contribution in [0.2, 0.25) is 0 Å². The molecule has 2 aliphatic rings. The van der Waals surface area contributed by atoms with E-state index in [9.17, 15) is 0 Å². The normalized spacial score (nSPS) is 13.5. The summed E-state index contributed by atoms with van der Waals surface area (Å²) in [6.45, 7) is 14.0. The molecule has 2 aliphatic carbocycles. The second kappa shape index (κ2) is 13.5. The first-order valence-corrected chi connectivity index (χ1v) is 21.4. The van der Waals surface area contributed by atoms with Gasteiger partial charge < -0.3 is 0 Å². The molecule has 0 unspecified atom stereocenters. The highest BCUT2D eigenvalue weighted by molar-refractivity contribution is 6.05. The van der Waals surface area contributed by atoms with E-state index in [4.69, 9.17) is 15.0 Å². The maximum Gasteiger partial charge on any atom is 0.164 e. The minimum atomic E-state index is -0.475. The van der Waals surface area contributed by atoms with Gasteiger partial charge in [0.25, 0.3) is 0 Å². The maximum atomic E-state index is 5.14. The maximum absolute atomic E-state index is 5.14. The van der Waals surface area contributed by atoms with Gasteiger partial charge >= 0.3 is 0 Å². The van der Waals surface area contributed by atoms with Crippen molar-refractivity contribution >= 4 is 10.8 Å². The highest BCUT2D eigenvalue weighted by Gasteiger charge is 2.52. The van der Waals surface area contributed by atoms with E-state index >= 15 is 0 Å². The molecule has 9 aromatic rings. The summed E-state index contributed by atoms with van der Waals surface area (Å²) in [5.41, 5.74) is 18.2. The molecule has 0 atom stereocenters. The van der Waals surface area contributed by atoms with Crippen LogP contribution in [0.25, 0.3) is 78.3 Å².